The van der Waals surface area contributed by atoms with Gasteiger partial charge in [-0.3, -0.25) is 15.0 Å². The topological polar surface area (TPSA) is 103 Å². The number of fused-ring (bicyclic) bond motifs is 3. The van der Waals surface area contributed by atoms with Gasteiger partial charge in [-0.2, -0.15) is 15.1 Å². The highest BCUT2D eigenvalue weighted by Crippen LogP contribution is 2.53. The molecule has 12 heteroatoms. The summed E-state index contributed by atoms with van der Waals surface area (Å²) in [6.45, 7) is 5.20. The van der Waals surface area contributed by atoms with Crippen molar-refractivity contribution in [3.8, 4) is 17.3 Å². The number of nitrogens with one attached hydrogen (secondary N) is 1. The number of H-pyrrole nitrogens is 1. The van der Waals surface area contributed by atoms with Gasteiger partial charge in [0.1, 0.15) is 42.1 Å². The van der Waals surface area contributed by atoms with E-state index >= 15 is 4.39 Å². The maximum absolute atomic E-state index is 17.0. The van der Waals surface area contributed by atoms with Crippen molar-refractivity contribution < 1.29 is 23.0 Å². The van der Waals surface area contributed by atoms with Crippen LogP contribution in [0.4, 0.5) is 19.0 Å². The fourth-order valence-corrected chi connectivity index (χ4v) is 8.25. The number of piperidine rings is 1. The van der Waals surface area contributed by atoms with E-state index in [9.17, 15) is 13.9 Å². The zero-order chi connectivity index (χ0) is 31.1. The molecular weight excluding hydrogens is 583 g/mol. The summed E-state index contributed by atoms with van der Waals surface area (Å²) in [4.78, 5) is 17.9. The van der Waals surface area contributed by atoms with Crippen LogP contribution in [0, 0.1) is 18.7 Å². The molecule has 3 saturated heterocycles. The lowest BCUT2D eigenvalue weighted by Crippen LogP contribution is -2.50. The number of aromatic nitrogens is 5. The summed E-state index contributed by atoms with van der Waals surface area (Å²) in [6.07, 6.45) is 6.39. The first-order valence-corrected chi connectivity index (χ1v) is 16.1. The number of aromatic amines is 1. The van der Waals surface area contributed by atoms with Gasteiger partial charge in [-0.1, -0.05) is 6.92 Å². The van der Waals surface area contributed by atoms with E-state index in [0.29, 0.717) is 61.0 Å². The highest BCUT2D eigenvalue weighted by Gasteiger charge is 2.49. The van der Waals surface area contributed by atoms with Crippen LogP contribution < -0.4 is 9.64 Å². The lowest BCUT2D eigenvalue weighted by Gasteiger charge is -2.38. The highest BCUT2D eigenvalue weighted by atomic mass is 19.1. The molecule has 0 amide bonds. The summed E-state index contributed by atoms with van der Waals surface area (Å²) in [5.41, 5.74) is 1.87. The predicted molar refractivity (Wildman–Crippen MR) is 165 cm³/mol. The molecule has 0 unspecified atom stereocenters. The number of aryl methyl sites for hydroxylation is 1. The SMILES string of the molecule is Cc1cc2[nH]ncc2c(-c2ncc3c(N4CCC[C@](O)(CF)C4)nc(OC[C@@]45CCCN4C[C@H](F)C5)nc3c2F)c1[C@@H]1C[C@@H]1C. The van der Waals surface area contributed by atoms with Crippen LogP contribution in [0.5, 0.6) is 6.01 Å². The van der Waals surface area contributed by atoms with Crippen molar-refractivity contribution in [2.45, 2.75) is 75.6 Å². The number of ether oxygens (including phenoxy) is 1. The Labute approximate surface area is 259 Å². The average Bonchev–Trinajstić information content (AvgIpc) is 3.31. The second-order valence-corrected chi connectivity index (χ2v) is 13.9. The highest BCUT2D eigenvalue weighted by molar-refractivity contribution is 6.00. The number of nitrogens with zero attached hydrogens (tertiary/aromatic N) is 6. The number of halogens is 3. The van der Waals surface area contributed by atoms with Crippen LogP contribution in [0.1, 0.15) is 62.5 Å². The molecule has 1 aromatic carbocycles. The van der Waals surface area contributed by atoms with Crippen molar-refractivity contribution in [1.29, 1.82) is 0 Å². The number of β-amino-alcohol motifs (C(OH)–C–C–N with tert-alkyl or cyclic N) is 1. The van der Waals surface area contributed by atoms with Gasteiger partial charge < -0.3 is 14.7 Å². The first-order chi connectivity index (χ1) is 21.7. The van der Waals surface area contributed by atoms with Crippen LogP contribution in [0.2, 0.25) is 0 Å². The first-order valence-electron chi connectivity index (χ1n) is 16.1. The van der Waals surface area contributed by atoms with E-state index in [1.54, 1.807) is 17.3 Å². The molecule has 5 atom stereocenters. The zero-order valence-corrected chi connectivity index (χ0v) is 25.6. The summed E-state index contributed by atoms with van der Waals surface area (Å²) >= 11 is 0. The molecule has 1 saturated carbocycles. The fraction of sp³-hybridized carbons (Fsp3) is 0.576. The minimum absolute atomic E-state index is 0.00307. The minimum atomic E-state index is -1.53. The first kappa shape index (κ1) is 28.9. The molecule has 0 spiro atoms. The Kier molecular flexibility index (Phi) is 6.76. The number of anilines is 1. The molecule has 3 aliphatic heterocycles. The maximum atomic E-state index is 17.0. The van der Waals surface area contributed by atoms with Crippen molar-refractivity contribution >= 4 is 27.6 Å². The lowest BCUT2D eigenvalue weighted by molar-refractivity contribution is 0.00302. The van der Waals surface area contributed by atoms with Crippen LogP contribution in [-0.2, 0) is 0 Å². The molecule has 9 nitrogen and oxygen atoms in total. The van der Waals surface area contributed by atoms with Gasteiger partial charge in [0, 0.05) is 36.7 Å². The van der Waals surface area contributed by atoms with Crippen LogP contribution in [0.3, 0.4) is 0 Å². The second-order valence-electron chi connectivity index (χ2n) is 13.9. The molecule has 238 valence electrons. The summed E-state index contributed by atoms with van der Waals surface area (Å²) in [7, 11) is 0. The van der Waals surface area contributed by atoms with Crippen LogP contribution >= 0.6 is 0 Å². The number of benzene rings is 1. The standard InChI is InChI=1S/C33H38F3N7O2/c1-18-9-21(18)25-19(2)10-24-22(13-38-41-24)26(25)29-27(36)28-23(12-37-29)30(42-7-4-6-33(44,15-34)16-42)40-31(39-28)45-17-32-5-3-8-43(32)14-20(35)11-32/h10,12-13,18,20-21,44H,3-9,11,14-17H2,1-2H3,(H,38,41)/t18-,20+,21+,32-,33-/m0/s1. The van der Waals surface area contributed by atoms with Gasteiger partial charge in [0.05, 0.1) is 29.2 Å². The molecule has 0 bridgehead atoms. The molecule has 1 aliphatic carbocycles. The predicted octanol–water partition coefficient (Wildman–Crippen LogP) is 5.40. The monoisotopic (exact) mass is 621 g/mol. The van der Waals surface area contributed by atoms with Crippen LogP contribution in [0.25, 0.3) is 33.1 Å². The third-order valence-electron chi connectivity index (χ3n) is 10.7. The fourth-order valence-electron chi connectivity index (χ4n) is 8.25. The lowest BCUT2D eigenvalue weighted by atomic mass is 9.91. The van der Waals surface area contributed by atoms with Crippen LogP contribution in [0.15, 0.2) is 18.5 Å². The van der Waals surface area contributed by atoms with Gasteiger partial charge in [0.15, 0.2) is 5.82 Å². The second kappa shape index (κ2) is 10.5. The Bertz CT molecular complexity index is 1800. The summed E-state index contributed by atoms with van der Waals surface area (Å²) in [5, 5.41) is 19.3. The van der Waals surface area contributed by atoms with Gasteiger partial charge in [0.2, 0.25) is 0 Å². The van der Waals surface area contributed by atoms with Gasteiger partial charge in [-0.25, -0.2) is 13.2 Å². The molecule has 3 aromatic heterocycles. The van der Waals surface area contributed by atoms with E-state index in [2.05, 4.69) is 33.1 Å². The average molecular weight is 622 g/mol. The normalized spacial score (nSPS) is 30.0. The molecule has 4 fully saturated rings. The van der Waals surface area contributed by atoms with E-state index in [4.69, 9.17) is 14.7 Å². The Hall–Kier alpha value is -3.51. The molecular formula is C33H38F3N7O2. The van der Waals surface area contributed by atoms with Crippen molar-refractivity contribution in [1.82, 2.24) is 30.0 Å². The number of hydrogen-bond acceptors (Lipinski definition) is 8. The molecule has 8 rings (SSSR count). The van der Waals surface area contributed by atoms with Crippen molar-refractivity contribution in [2.75, 3.05) is 44.4 Å². The van der Waals surface area contributed by atoms with E-state index in [-0.39, 0.29) is 30.4 Å². The summed E-state index contributed by atoms with van der Waals surface area (Å²) in [6, 6.07) is 2.02. The minimum Gasteiger partial charge on any atom is -0.461 e. The smallest absolute Gasteiger partial charge is 0.319 e. The molecule has 45 heavy (non-hydrogen) atoms. The Morgan fingerprint density at radius 2 is 1.98 bits per heavy atom. The molecule has 2 N–H and O–H groups in total. The Balaban J connectivity index is 1.27. The molecule has 6 heterocycles. The van der Waals surface area contributed by atoms with Gasteiger partial charge in [0.25, 0.3) is 0 Å². The number of hydrogen-bond donors (Lipinski definition) is 2. The van der Waals surface area contributed by atoms with Gasteiger partial charge >= 0.3 is 6.01 Å². The Morgan fingerprint density at radius 3 is 2.78 bits per heavy atom. The van der Waals surface area contributed by atoms with E-state index in [1.807, 2.05) is 6.92 Å². The number of alkyl halides is 2. The summed E-state index contributed by atoms with van der Waals surface area (Å²) in [5.74, 6) is 0.504. The third kappa shape index (κ3) is 4.74. The van der Waals surface area contributed by atoms with Gasteiger partial charge in [-0.15, -0.1) is 0 Å². The van der Waals surface area contributed by atoms with Gasteiger partial charge in [-0.05, 0) is 74.6 Å². The number of pyridine rings is 1. The number of aliphatic hydroxyl groups is 1. The van der Waals surface area contributed by atoms with Crippen molar-refractivity contribution in [2.24, 2.45) is 5.92 Å². The number of rotatable bonds is 7. The van der Waals surface area contributed by atoms with E-state index in [0.717, 1.165) is 47.8 Å². The third-order valence-corrected chi connectivity index (χ3v) is 10.7. The largest absolute Gasteiger partial charge is 0.461 e. The molecule has 4 aliphatic rings. The molecule has 4 aromatic rings. The molecule has 0 radical (unpaired) electrons. The summed E-state index contributed by atoms with van der Waals surface area (Å²) < 4.78 is 51.6. The quantitative estimate of drug-likeness (QED) is 0.283. The van der Waals surface area contributed by atoms with E-state index in [1.165, 1.54) is 0 Å². The van der Waals surface area contributed by atoms with Crippen molar-refractivity contribution in [3.63, 3.8) is 0 Å². The van der Waals surface area contributed by atoms with Crippen LogP contribution in [-0.4, -0.2) is 91.9 Å². The van der Waals surface area contributed by atoms with Crippen molar-refractivity contribution in [3.05, 3.63) is 35.4 Å². The maximum Gasteiger partial charge on any atom is 0.319 e. The zero-order valence-electron chi connectivity index (χ0n) is 25.6. The Morgan fingerprint density at radius 1 is 1.16 bits per heavy atom. The van der Waals surface area contributed by atoms with E-state index < -0.39 is 29.8 Å².